The summed E-state index contributed by atoms with van der Waals surface area (Å²) in [5, 5.41) is 3.30. The molecule has 2 aromatic heterocycles. The second-order valence-corrected chi connectivity index (χ2v) is 12.5. The van der Waals surface area contributed by atoms with Crippen LogP contribution in [0.3, 0.4) is 0 Å². The predicted octanol–water partition coefficient (Wildman–Crippen LogP) is 12.2. The average Bonchev–Trinajstić information content (AvgIpc) is 3.21. The van der Waals surface area contributed by atoms with Crippen LogP contribution in [0.1, 0.15) is 0 Å². The first-order chi connectivity index (χ1) is 24.8. The average molecular weight is 638 g/mol. The standard InChI is InChI=1S/C47H31N3/c1-4-13-32(14-5-1)41-24-23-36(30-44(41)33-15-6-2-7-16-33)38-27-39(37-20-12-26-48-31-37)29-40(28-38)47-49-45(35-18-8-3-9-19-35)43-25-22-34-17-10-11-21-42(34)46(43)50-47/h1-31H. The molecule has 0 saturated heterocycles. The zero-order valence-electron chi connectivity index (χ0n) is 27.2. The molecule has 3 nitrogen and oxygen atoms in total. The summed E-state index contributed by atoms with van der Waals surface area (Å²) in [5.41, 5.74) is 12.9. The minimum absolute atomic E-state index is 0.684. The van der Waals surface area contributed by atoms with Crippen molar-refractivity contribution in [2.75, 3.05) is 0 Å². The van der Waals surface area contributed by atoms with Crippen LogP contribution >= 0.6 is 0 Å². The van der Waals surface area contributed by atoms with E-state index < -0.39 is 0 Å². The summed E-state index contributed by atoms with van der Waals surface area (Å²) in [6.07, 6.45) is 3.73. The van der Waals surface area contributed by atoms with Gasteiger partial charge in [0, 0.05) is 39.9 Å². The maximum absolute atomic E-state index is 5.32. The first-order valence-corrected chi connectivity index (χ1v) is 16.8. The maximum Gasteiger partial charge on any atom is 0.160 e. The Bertz CT molecular complexity index is 2620. The number of nitrogens with zero attached hydrogens (tertiary/aromatic N) is 3. The van der Waals surface area contributed by atoms with Crippen LogP contribution in [0.15, 0.2) is 188 Å². The number of fused-ring (bicyclic) bond motifs is 3. The maximum atomic E-state index is 5.32. The number of aromatic nitrogens is 3. The van der Waals surface area contributed by atoms with Crippen LogP contribution in [0.2, 0.25) is 0 Å². The van der Waals surface area contributed by atoms with Gasteiger partial charge in [0.05, 0.1) is 11.2 Å². The van der Waals surface area contributed by atoms with Crippen molar-refractivity contribution in [2.24, 2.45) is 0 Å². The molecule has 0 amide bonds. The molecule has 0 atom stereocenters. The summed E-state index contributed by atoms with van der Waals surface area (Å²) in [7, 11) is 0. The molecule has 234 valence electrons. The number of hydrogen-bond donors (Lipinski definition) is 0. The molecule has 0 radical (unpaired) electrons. The second-order valence-electron chi connectivity index (χ2n) is 12.5. The molecular formula is C47H31N3. The molecule has 9 rings (SSSR count). The first kappa shape index (κ1) is 29.4. The van der Waals surface area contributed by atoms with Gasteiger partial charge < -0.3 is 0 Å². The fourth-order valence-corrected chi connectivity index (χ4v) is 6.88. The quantitative estimate of drug-likeness (QED) is 0.170. The second kappa shape index (κ2) is 12.7. The van der Waals surface area contributed by atoms with E-state index in [1.54, 1.807) is 0 Å². The largest absolute Gasteiger partial charge is 0.264 e. The Morgan fingerprint density at radius 1 is 0.340 bits per heavy atom. The van der Waals surface area contributed by atoms with E-state index in [1.165, 1.54) is 22.3 Å². The van der Waals surface area contributed by atoms with Crippen molar-refractivity contribution < 1.29 is 0 Å². The number of pyridine rings is 1. The summed E-state index contributed by atoms with van der Waals surface area (Å²) in [6, 6.07) is 62.0. The third kappa shape index (κ3) is 5.51. The van der Waals surface area contributed by atoms with Crippen LogP contribution in [-0.4, -0.2) is 15.0 Å². The van der Waals surface area contributed by atoms with Crippen molar-refractivity contribution in [1.82, 2.24) is 15.0 Å². The Labute approximate surface area is 291 Å². The van der Waals surface area contributed by atoms with E-state index in [0.29, 0.717) is 5.82 Å². The zero-order chi connectivity index (χ0) is 33.3. The number of benzene rings is 7. The van der Waals surface area contributed by atoms with Gasteiger partial charge in [-0.05, 0) is 80.7 Å². The lowest BCUT2D eigenvalue weighted by Gasteiger charge is -2.16. The molecule has 9 aromatic rings. The van der Waals surface area contributed by atoms with Crippen LogP contribution in [0.4, 0.5) is 0 Å². The molecule has 0 aliphatic rings. The normalized spacial score (nSPS) is 11.2. The summed E-state index contributed by atoms with van der Waals surface area (Å²) in [6.45, 7) is 0. The van der Waals surface area contributed by atoms with Gasteiger partial charge in [0.1, 0.15) is 0 Å². The predicted molar refractivity (Wildman–Crippen MR) is 207 cm³/mol. The Balaban J connectivity index is 1.30. The van der Waals surface area contributed by atoms with Gasteiger partial charge in [0.2, 0.25) is 0 Å². The van der Waals surface area contributed by atoms with Gasteiger partial charge in [-0.3, -0.25) is 4.98 Å². The molecule has 0 bridgehead atoms. The van der Waals surface area contributed by atoms with Gasteiger partial charge in [-0.1, -0.05) is 140 Å². The third-order valence-electron chi connectivity index (χ3n) is 9.35. The van der Waals surface area contributed by atoms with Crippen LogP contribution in [-0.2, 0) is 0 Å². The molecule has 50 heavy (non-hydrogen) atoms. The van der Waals surface area contributed by atoms with Gasteiger partial charge in [-0.2, -0.15) is 0 Å². The van der Waals surface area contributed by atoms with E-state index in [2.05, 4.69) is 169 Å². The molecule has 0 aliphatic carbocycles. The van der Waals surface area contributed by atoms with Crippen molar-refractivity contribution in [2.45, 2.75) is 0 Å². The topological polar surface area (TPSA) is 38.7 Å². The Morgan fingerprint density at radius 2 is 0.960 bits per heavy atom. The summed E-state index contributed by atoms with van der Waals surface area (Å²) in [5.74, 6) is 0.684. The summed E-state index contributed by atoms with van der Waals surface area (Å²) < 4.78 is 0. The van der Waals surface area contributed by atoms with Crippen LogP contribution in [0.5, 0.6) is 0 Å². The fraction of sp³-hybridized carbons (Fsp3) is 0. The molecule has 0 spiro atoms. The van der Waals surface area contributed by atoms with E-state index in [-0.39, 0.29) is 0 Å². The Morgan fingerprint density at radius 3 is 1.68 bits per heavy atom. The van der Waals surface area contributed by atoms with Crippen molar-refractivity contribution in [3.8, 4) is 67.2 Å². The monoisotopic (exact) mass is 637 g/mol. The highest BCUT2D eigenvalue weighted by molar-refractivity contribution is 6.09. The fourth-order valence-electron chi connectivity index (χ4n) is 6.88. The first-order valence-electron chi connectivity index (χ1n) is 16.8. The number of hydrogen-bond acceptors (Lipinski definition) is 3. The Hall–Kier alpha value is -6.71. The molecule has 0 saturated carbocycles. The van der Waals surface area contributed by atoms with Crippen LogP contribution < -0.4 is 0 Å². The minimum atomic E-state index is 0.684. The van der Waals surface area contributed by atoms with Crippen LogP contribution in [0.25, 0.3) is 88.8 Å². The van der Waals surface area contributed by atoms with E-state index in [1.807, 2.05) is 24.5 Å². The van der Waals surface area contributed by atoms with Crippen molar-refractivity contribution in [1.29, 1.82) is 0 Å². The van der Waals surface area contributed by atoms with E-state index in [0.717, 1.165) is 60.8 Å². The smallest absolute Gasteiger partial charge is 0.160 e. The molecular weight excluding hydrogens is 607 g/mol. The molecule has 2 heterocycles. The molecule has 7 aromatic carbocycles. The molecule has 0 unspecified atom stereocenters. The van der Waals surface area contributed by atoms with E-state index in [9.17, 15) is 0 Å². The lowest BCUT2D eigenvalue weighted by Crippen LogP contribution is -1.97. The lowest BCUT2D eigenvalue weighted by atomic mass is 9.89. The SMILES string of the molecule is c1ccc(-c2ccc(-c3cc(-c4cccnc4)cc(-c4nc(-c5ccccc5)c5ccc6ccccc6c5n4)c3)cc2-c2ccccc2)cc1. The summed E-state index contributed by atoms with van der Waals surface area (Å²) >= 11 is 0. The highest BCUT2D eigenvalue weighted by atomic mass is 14.9. The van der Waals surface area contributed by atoms with Crippen molar-refractivity contribution >= 4 is 21.7 Å². The summed E-state index contributed by atoms with van der Waals surface area (Å²) in [4.78, 5) is 15.1. The van der Waals surface area contributed by atoms with Crippen molar-refractivity contribution in [3.05, 3.63) is 188 Å². The van der Waals surface area contributed by atoms with Crippen LogP contribution in [0, 0.1) is 0 Å². The number of rotatable bonds is 6. The van der Waals surface area contributed by atoms with Gasteiger partial charge in [0.25, 0.3) is 0 Å². The van der Waals surface area contributed by atoms with Gasteiger partial charge in [-0.25, -0.2) is 9.97 Å². The van der Waals surface area contributed by atoms with Gasteiger partial charge in [-0.15, -0.1) is 0 Å². The third-order valence-corrected chi connectivity index (χ3v) is 9.35. The lowest BCUT2D eigenvalue weighted by molar-refractivity contribution is 1.23. The highest BCUT2D eigenvalue weighted by Gasteiger charge is 2.17. The zero-order valence-corrected chi connectivity index (χ0v) is 27.2. The Kier molecular flexibility index (Phi) is 7.49. The minimum Gasteiger partial charge on any atom is -0.264 e. The highest BCUT2D eigenvalue weighted by Crippen LogP contribution is 2.39. The van der Waals surface area contributed by atoms with Crippen molar-refractivity contribution in [3.63, 3.8) is 0 Å². The molecule has 0 N–H and O–H groups in total. The van der Waals surface area contributed by atoms with E-state index in [4.69, 9.17) is 9.97 Å². The van der Waals surface area contributed by atoms with Gasteiger partial charge >= 0.3 is 0 Å². The molecule has 0 aliphatic heterocycles. The molecule has 3 heteroatoms. The van der Waals surface area contributed by atoms with Gasteiger partial charge in [0.15, 0.2) is 5.82 Å². The van der Waals surface area contributed by atoms with E-state index >= 15 is 0 Å². The molecule has 0 fully saturated rings.